The molecule has 0 saturated carbocycles. The highest BCUT2D eigenvalue weighted by Gasteiger charge is 2.36. The molecule has 2 aliphatic heterocycles. The van der Waals surface area contributed by atoms with Crippen molar-refractivity contribution in [1.82, 2.24) is 15.1 Å². The molecule has 3 amide bonds. The predicted octanol–water partition coefficient (Wildman–Crippen LogP) is 1.51. The lowest BCUT2D eigenvalue weighted by atomic mass is 10.0. The molecule has 9 heteroatoms. The zero-order valence-corrected chi connectivity index (χ0v) is 18.5. The summed E-state index contributed by atoms with van der Waals surface area (Å²) >= 11 is 0. The minimum absolute atomic E-state index is 0.0820. The molecule has 0 bridgehead atoms. The molecule has 8 nitrogen and oxygen atoms in total. The van der Waals surface area contributed by atoms with Gasteiger partial charge in [0.05, 0.1) is 13.5 Å². The number of carbonyl (C=O) groups excluding carboxylic acids is 3. The number of hydrogen-bond donors (Lipinski definition) is 1. The van der Waals surface area contributed by atoms with Gasteiger partial charge in [0.25, 0.3) is 5.91 Å². The van der Waals surface area contributed by atoms with Gasteiger partial charge in [-0.25, -0.2) is 4.39 Å². The molecule has 0 unspecified atom stereocenters. The number of hydrogen-bond acceptors (Lipinski definition) is 5. The van der Waals surface area contributed by atoms with Crippen LogP contribution in [0.1, 0.15) is 16.8 Å². The van der Waals surface area contributed by atoms with Gasteiger partial charge in [-0.15, -0.1) is 0 Å². The third-order valence-electron chi connectivity index (χ3n) is 6.12. The number of piperazine rings is 2. The molecule has 0 aliphatic carbocycles. The van der Waals surface area contributed by atoms with E-state index in [1.807, 2.05) is 24.3 Å². The van der Waals surface area contributed by atoms with E-state index in [-0.39, 0.29) is 29.7 Å². The first-order chi connectivity index (χ1) is 16.0. The highest BCUT2D eigenvalue weighted by Crippen LogP contribution is 2.21. The number of carbonyl (C=O) groups is 3. The van der Waals surface area contributed by atoms with Crippen molar-refractivity contribution in [3.05, 3.63) is 59.9 Å². The highest BCUT2D eigenvalue weighted by molar-refractivity contribution is 5.99. The average Bonchev–Trinajstić information content (AvgIpc) is 2.85. The van der Waals surface area contributed by atoms with Crippen LogP contribution >= 0.6 is 0 Å². The van der Waals surface area contributed by atoms with Crippen LogP contribution in [0.5, 0.6) is 5.75 Å². The topological polar surface area (TPSA) is 82.2 Å². The molecule has 2 heterocycles. The Morgan fingerprint density at radius 1 is 1.00 bits per heavy atom. The lowest BCUT2D eigenvalue weighted by Crippen LogP contribution is -2.59. The van der Waals surface area contributed by atoms with Crippen molar-refractivity contribution in [2.24, 2.45) is 0 Å². The molecule has 0 spiro atoms. The van der Waals surface area contributed by atoms with Crippen molar-refractivity contribution in [1.29, 1.82) is 0 Å². The Balaban J connectivity index is 1.38. The third kappa shape index (κ3) is 5.08. The number of rotatable bonds is 5. The van der Waals surface area contributed by atoms with E-state index < -0.39 is 11.9 Å². The Morgan fingerprint density at radius 3 is 2.30 bits per heavy atom. The van der Waals surface area contributed by atoms with E-state index in [9.17, 15) is 18.8 Å². The van der Waals surface area contributed by atoms with E-state index in [0.29, 0.717) is 39.3 Å². The second-order valence-corrected chi connectivity index (χ2v) is 8.08. The van der Waals surface area contributed by atoms with Crippen molar-refractivity contribution in [2.75, 3.05) is 51.3 Å². The number of anilines is 1. The number of halogens is 1. The standard InChI is InChI=1S/C24H27FN4O4/c1-33-20-8-6-19(7-9-20)27-12-14-28(15-13-27)22(30)16-21-23(31)26-10-11-29(21)24(32)17-2-4-18(25)5-3-17/h2-9,21H,10-16H2,1H3,(H,26,31)/t21-/m0/s1. The Morgan fingerprint density at radius 2 is 1.67 bits per heavy atom. The Bertz CT molecular complexity index is 1000. The first-order valence-corrected chi connectivity index (χ1v) is 11.0. The first kappa shape index (κ1) is 22.6. The molecular formula is C24H27FN4O4. The van der Waals surface area contributed by atoms with Gasteiger partial charge in [-0.3, -0.25) is 14.4 Å². The average molecular weight is 455 g/mol. The summed E-state index contributed by atoms with van der Waals surface area (Å²) in [6.45, 7) is 3.03. The maximum absolute atomic E-state index is 13.2. The van der Waals surface area contributed by atoms with Crippen molar-refractivity contribution >= 4 is 23.4 Å². The van der Waals surface area contributed by atoms with Gasteiger partial charge < -0.3 is 24.8 Å². The van der Waals surface area contributed by atoms with Gasteiger partial charge in [0.15, 0.2) is 0 Å². The van der Waals surface area contributed by atoms with E-state index >= 15 is 0 Å². The monoisotopic (exact) mass is 454 g/mol. The molecule has 33 heavy (non-hydrogen) atoms. The number of benzene rings is 2. The molecule has 2 saturated heterocycles. The van der Waals surface area contributed by atoms with Gasteiger partial charge in [0.1, 0.15) is 17.6 Å². The molecule has 0 radical (unpaired) electrons. The third-order valence-corrected chi connectivity index (χ3v) is 6.12. The second-order valence-electron chi connectivity index (χ2n) is 8.08. The van der Waals surface area contributed by atoms with Gasteiger partial charge in [0.2, 0.25) is 11.8 Å². The van der Waals surface area contributed by atoms with Crippen LogP contribution in [-0.4, -0.2) is 79.9 Å². The molecule has 2 aliphatic rings. The molecule has 4 rings (SSSR count). The van der Waals surface area contributed by atoms with Crippen LogP contribution in [0.25, 0.3) is 0 Å². The highest BCUT2D eigenvalue weighted by atomic mass is 19.1. The van der Waals surface area contributed by atoms with Crippen LogP contribution in [0, 0.1) is 5.82 Å². The van der Waals surface area contributed by atoms with Crippen LogP contribution < -0.4 is 15.0 Å². The quantitative estimate of drug-likeness (QED) is 0.741. The van der Waals surface area contributed by atoms with E-state index in [1.54, 1.807) is 12.0 Å². The number of methoxy groups -OCH3 is 1. The number of nitrogens with zero attached hydrogens (tertiary/aromatic N) is 3. The van der Waals surface area contributed by atoms with Gasteiger partial charge in [0, 0.05) is 50.5 Å². The molecule has 174 valence electrons. The second kappa shape index (κ2) is 9.89. The molecule has 1 atom stereocenters. The van der Waals surface area contributed by atoms with Gasteiger partial charge in [-0.05, 0) is 48.5 Å². The van der Waals surface area contributed by atoms with E-state index in [2.05, 4.69) is 10.2 Å². The summed E-state index contributed by atoms with van der Waals surface area (Å²) in [4.78, 5) is 43.9. The summed E-state index contributed by atoms with van der Waals surface area (Å²) in [7, 11) is 1.63. The molecule has 2 aromatic carbocycles. The van der Waals surface area contributed by atoms with Crippen molar-refractivity contribution < 1.29 is 23.5 Å². The first-order valence-electron chi connectivity index (χ1n) is 11.0. The predicted molar refractivity (Wildman–Crippen MR) is 121 cm³/mol. The van der Waals surface area contributed by atoms with Gasteiger partial charge >= 0.3 is 0 Å². The SMILES string of the molecule is COc1ccc(N2CCN(C(=O)C[C@H]3C(=O)NCCN3C(=O)c3ccc(F)cc3)CC2)cc1. The number of nitrogens with one attached hydrogen (secondary N) is 1. The fourth-order valence-corrected chi connectivity index (χ4v) is 4.22. The van der Waals surface area contributed by atoms with Gasteiger partial charge in [-0.1, -0.05) is 0 Å². The van der Waals surface area contributed by atoms with E-state index in [0.717, 1.165) is 11.4 Å². The lowest BCUT2D eigenvalue weighted by Gasteiger charge is -2.39. The van der Waals surface area contributed by atoms with E-state index in [1.165, 1.54) is 29.2 Å². The number of ether oxygens (including phenoxy) is 1. The summed E-state index contributed by atoms with van der Waals surface area (Å²) in [5.41, 5.74) is 1.35. The smallest absolute Gasteiger partial charge is 0.254 e. The maximum Gasteiger partial charge on any atom is 0.254 e. The van der Waals surface area contributed by atoms with Crippen LogP contribution in [0.2, 0.25) is 0 Å². The lowest BCUT2D eigenvalue weighted by molar-refractivity contribution is -0.138. The Kier molecular flexibility index (Phi) is 6.76. The summed E-state index contributed by atoms with van der Waals surface area (Å²) in [6.07, 6.45) is -0.0820. The molecule has 2 aromatic rings. The Hall–Kier alpha value is -3.62. The molecule has 1 N–H and O–H groups in total. The van der Waals surface area contributed by atoms with E-state index in [4.69, 9.17) is 4.74 Å². The van der Waals surface area contributed by atoms with Crippen LogP contribution in [0.4, 0.5) is 10.1 Å². The fraction of sp³-hybridized carbons (Fsp3) is 0.375. The molecule has 2 fully saturated rings. The zero-order chi connectivity index (χ0) is 23.4. The Labute approximate surface area is 191 Å². The summed E-state index contributed by atoms with van der Waals surface area (Å²) in [5.74, 6) is -0.543. The fourth-order valence-electron chi connectivity index (χ4n) is 4.22. The van der Waals surface area contributed by atoms with Gasteiger partial charge in [-0.2, -0.15) is 0 Å². The summed E-state index contributed by atoms with van der Waals surface area (Å²) < 4.78 is 18.4. The number of amides is 3. The van der Waals surface area contributed by atoms with Crippen molar-refractivity contribution in [3.8, 4) is 5.75 Å². The normalized spacial score (nSPS) is 18.7. The largest absolute Gasteiger partial charge is 0.497 e. The zero-order valence-electron chi connectivity index (χ0n) is 18.5. The van der Waals surface area contributed by atoms with Crippen LogP contribution in [0.15, 0.2) is 48.5 Å². The molecular weight excluding hydrogens is 427 g/mol. The maximum atomic E-state index is 13.2. The minimum Gasteiger partial charge on any atom is -0.497 e. The molecule has 0 aromatic heterocycles. The summed E-state index contributed by atoms with van der Waals surface area (Å²) in [5, 5.41) is 2.74. The van der Waals surface area contributed by atoms with Crippen molar-refractivity contribution in [3.63, 3.8) is 0 Å². The minimum atomic E-state index is -0.886. The summed E-state index contributed by atoms with van der Waals surface area (Å²) in [6, 6.07) is 12.1. The van der Waals surface area contributed by atoms with Crippen LogP contribution in [0.3, 0.4) is 0 Å². The van der Waals surface area contributed by atoms with Crippen LogP contribution in [-0.2, 0) is 9.59 Å². The van der Waals surface area contributed by atoms with Crippen molar-refractivity contribution in [2.45, 2.75) is 12.5 Å².